The number of β-amino-alcohol motifs (C(OH)–C–C–N with tert-alkyl or cyclic N) is 1. The second-order valence-corrected chi connectivity index (χ2v) is 6.28. The van der Waals surface area contributed by atoms with E-state index in [-0.39, 0.29) is 30.2 Å². The average molecular weight is 317 g/mol. The Bertz CT molecular complexity index is 696. The number of hydrogen-bond acceptors (Lipinski definition) is 3. The van der Waals surface area contributed by atoms with Gasteiger partial charge in [-0.3, -0.25) is 9.89 Å². The molecule has 0 saturated carbocycles. The zero-order valence-electron chi connectivity index (χ0n) is 13.2. The van der Waals surface area contributed by atoms with E-state index in [1.807, 2.05) is 13.8 Å². The maximum Gasteiger partial charge on any atom is 0.274 e. The number of amides is 1. The van der Waals surface area contributed by atoms with Gasteiger partial charge in [0, 0.05) is 12.2 Å². The predicted molar refractivity (Wildman–Crippen MR) is 83.5 cm³/mol. The van der Waals surface area contributed by atoms with Crippen molar-refractivity contribution in [2.45, 2.75) is 38.3 Å². The second-order valence-electron chi connectivity index (χ2n) is 6.28. The lowest BCUT2D eigenvalue weighted by Crippen LogP contribution is -2.32. The van der Waals surface area contributed by atoms with Gasteiger partial charge in [0.1, 0.15) is 11.5 Å². The molecule has 0 bridgehead atoms. The summed E-state index contributed by atoms with van der Waals surface area (Å²) in [6.45, 7) is 4.29. The smallest absolute Gasteiger partial charge is 0.274 e. The van der Waals surface area contributed by atoms with Gasteiger partial charge in [-0.2, -0.15) is 5.10 Å². The van der Waals surface area contributed by atoms with Crippen LogP contribution in [0, 0.1) is 5.82 Å². The first-order valence-electron chi connectivity index (χ1n) is 7.75. The summed E-state index contributed by atoms with van der Waals surface area (Å²) in [5.41, 5.74) is 2.05. The van der Waals surface area contributed by atoms with Crippen molar-refractivity contribution in [2.75, 3.05) is 6.54 Å². The van der Waals surface area contributed by atoms with Crippen molar-refractivity contribution >= 4 is 5.91 Å². The van der Waals surface area contributed by atoms with Gasteiger partial charge in [-0.15, -0.1) is 0 Å². The lowest BCUT2D eigenvalue weighted by Gasteiger charge is -2.23. The van der Waals surface area contributed by atoms with Crippen molar-refractivity contribution in [3.63, 3.8) is 0 Å². The first-order chi connectivity index (χ1) is 11.0. The fourth-order valence-corrected chi connectivity index (χ4v) is 2.93. The molecule has 2 unspecified atom stereocenters. The highest BCUT2D eigenvalue weighted by Gasteiger charge is 2.36. The van der Waals surface area contributed by atoms with Crippen LogP contribution >= 0.6 is 0 Å². The molecule has 1 aliphatic heterocycles. The zero-order chi connectivity index (χ0) is 16.6. The highest BCUT2D eigenvalue weighted by Crippen LogP contribution is 2.33. The maximum atomic E-state index is 13.1. The van der Waals surface area contributed by atoms with Gasteiger partial charge in [-0.25, -0.2) is 4.39 Å². The monoisotopic (exact) mass is 317 g/mol. The minimum absolute atomic E-state index is 0.223. The fourth-order valence-electron chi connectivity index (χ4n) is 2.93. The Morgan fingerprint density at radius 2 is 2.09 bits per heavy atom. The van der Waals surface area contributed by atoms with Gasteiger partial charge in [-0.1, -0.05) is 26.0 Å². The summed E-state index contributed by atoms with van der Waals surface area (Å²) in [6, 6.07) is 7.53. The van der Waals surface area contributed by atoms with Gasteiger partial charge in [0.15, 0.2) is 0 Å². The number of hydrogen-bond donors (Lipinski definition) is 2. The first-order valence-corrected chi connectivity index (χ1v) is 7.75. The van der Waals surface area contributed by atoms with Gasteiger partial charge in [0.25, 0.3) is 5.91 Å². The molecule has 1 fully saturated rings. The molecule has 2 N–H and O–H groups in total. The van der Waals surface area contributed by atoms with Crippen molar-refractivity contribution in [2.24, 2.45) is 0 Å². The Balaban J connectivity index is 1.86. The molecule has 1 amide bonds. The van der Waals surface area contributed by atoms with Gasteiger partial charge >= 0.3 is 0 Å². The third kappa shape index (κ3) is 3.12. The molecule has 5 nitrogen and oxygen atoms in total. The average Bonchev–Trinajstić information content (AvgIpc) is 3.14. The fraction of sp³-hybridized carbons (Fsp3) is 0.412. The molecule has 2 aromatic rings. The number of rotatable bonds is 3. The number of aliphatic hydroxyl groups is 1. The molecule has 23 heavy (non-hydrogen) atoms. The summed E-state index contributed by atoms with van der Waals surface area (Å²) in [6.07, 6.45) is -0.142. The van der Waals surface area contributed by atoms with Gasteiger partial charge < -0.3 is 10.0 Å². The number of likely N-dealkylation sites (tertiary alicyclic amines) is 1. The van der Waals surface area contributed by atoms with Crippen LogP contribution < -0.4 is 0 Å². The Kier molecular flexibility index (Phi) is 4.17. The molecule has 1 saturated heterocycles. The largest absolute Gasteiger partial charge is 0.391 e. The standard InChI is InChI=1S/C17H20FN3O2/c1-10(2)14-8-15(20-19-14)17(23)21-9-13(22)7-16(21)11-3-5-12(18)6-4-11/h3-6,8,10,13,16,22H,7,9H2,1-2H3,(H,19,20). The van der Waals surface area contributed by atoms with Crippen LogP contribution in [0.25, 0.3) is 0 Å². The molecule has 122 valence electrons. The summed E-state index contributed by atoms with van der Waals surface area (Å²) in [5, 5.41) is 16.9. The predicted octanol–water partition coefficient (Wildman–Crippen LogP) is 2.62. The Labute approximate surface area is 134 Å². The van der Waals surface area contributed by atoms with E-state index < -0.39 is 6.10 Å². The van der Waals surface area contributed by atoms with E-state index in [9.17, 15) is 14.3 Å². The highest BCUT2D eigenvalue weighted by molar-refractivity contribution is 5.93. The van der Waals surface area contributed by atoms with Crippen LogP contribution in [0.5, 0.6) is 0 Å². The highest BCUT2D eigenvalue weighted by atomic mass is 19.1. The molecule has 1 aliphatic rings. The Morgan fingerprint density at radius 3 is 2.70 bits per heavy atom. The Morgan fingerprint density at radius 1 is 1.39 bits per heavy atom. The number of aromatic nitrogens is 2. The lowest BCUT2D eigenvalue weighted by molar-refractivity contribution is 0.0710. The summed E-state index contributed by atoms with van der Waals surface area (Å²) in [5.74, 6) is -0.292. The van der Waals surface area contributed by atoms with E-state index in [2.05, 4.69) is 10.2 Å². The normalized spacial score (nSPS) is 21.2. The number of aliphatic hydroxyl groups excluding tert-OH is 1. The molecule has 2 atom stereocenters. The van der Waals surface area contributed by atoms with Crippen LogP contribution in [0.4, 0.5) is 4.39 Å². The summed E-state index contributed by atoms with van der Waals surface area (Å²) >= 11 is 0. The number of nitrogens with one attached hydrogen (secondary N) is 1. The lowest BCUT2D eigenvalue weighted by atomic mass is 10.0. The van der Waals surface area contributed by atoms with E-state index >= 15 is 0 Å². The number of carbonyl (C=O) groups excluding carboxylic acids is 1. The first kappa shape index (κ1) is 15.7. The maximum absolute atomic E-state index is 13.1. The number of carbonyl (C=O) groups is 1. The van der Waals surface area contributed by atoms with Crippen LogP contribution in [-0.4, -0.2) is 38.8 Å². The van der Waals surface area contributed by atoms with E-state index in [0.717, 1.165) is 11.3 Å². The van der Waals surface area contributed by atoms with E-state index in [4.69, 9.17) is 0 Å². The number of benzene rings is 1. The van der Waals surface area contributed by atoms with E-state index in [1.165, 1.54) is 12.1 Å². The molecule has 1 aromatic carbocycles. The molecule has 2 heterocycles. The third-order valence-corrected chi connectivity index (χ3v) is 4.23. The second kappa shape index (κ2) is 6.12. The number of nitrogens with zero attached hydrogens (tertiary/aromatic N) is 2. The van der Waals surface area contributed by atoms with Crippen molar-refractivity contribution in [3.05, 3.63) is 53.1 Å². The molecular formula is C17H20FN3O2. The summed E-state index contributed by atoms with van der Waals surface area (Å²) < 4.78 is 13.1. The minimum atomic E-state index is -0.586. The van der Waals surface area contributed by atoms with Crippen molar-refractivity contribution < 1.29 is 14.3 Å². The number of halogens is 1. The van der Waals surface area contributed by atoms with Crippen molar-refractivity contribution in [1.82, 2.24) is 15.1 Å². The summed E-state index contributed by atoms with van der Waals surface area (Å²) in [7, 11) is 0. The molecule has 0 radical (unpaired) electrons. The van der Waals surface area contributed by atoms with Crippen LogP contribution in [0.15, 0.2) is 30.3 Å². The van der Waals surface area contributed by atoms with Crippen molar-refractivity contribution in [1.29, 1.82) is 0 Å². The van der Waals surface area contributed by atoms with Gasteiger partial charge in [0.2, 0.25) is 0 Å². The SMILES string of the molecule is CC(C)c1cc(C(=O)N2CC(O)CC2c2ccc(F)cc2)n[nH]1. The molecule has 1 aromatic heterocycles. The van der Waals surface area contributed by atoms with E-state index in [0.29, 0.717) is 12.1 Å². The zero-order valence-corrected chi connectivity index (χ0v) is 13.2. The quantitative estimate of drug-likeness (QED) is 0.914. The van der Waals surface area contributed by atoms with Crippen LogP contribution in [-0.2, 0) is 0 Å². The van der Waals surface area contributed by atoms with Gasteiger partial charge in [0.05, 0.1) is 12.1 Å². The molecule has 6 heteroatoms. The molecule has 0 aliphatic carbocycles. The number of aromatic amines is 1. The molecular weight excluding hydrogens is 297 g/mol. The topological polar surface area (TPSA) is 69.2 Å². The summed E-state index contributed by atoms with van der Waals surface area (Å²) in [4.78, 5) is 14.3. The Hall–Kier alpha value is -2.21. The molecule has 0 spiro atoms. The van der Waals surface area contributed by atoms with Crippen LogP contribution in [0.3, 0.4) is 0 Å². The van der Waals surface area contributed by atoms with Crippen LogP contribution in [0.2, 0.25) is 0 Å². The van der Waals surface area contributed by atoms with Crippen LogP contribution in [0.1, 0.15) is 54.0 Å². The van der Waals surface area contributed by atoms with E-state index in [1.54, 1.807) is 23.1 Å². The van der Waals surface area contributed by atoms with Gasteiger partial charge in [-0.05, 0) is 36.1 Å². The minimum Gasteiger partial charge on any atom is -0.391 e. The molecule has 3 rings (SSSR count). The number of H-pyrrole nitrogens is 1. The third-order valence-electron chi connectivity index (χ3n) is 4.23. The van der Waals surface area contributed by atoms with Crippen molar-refractivity contribution in [3.8, 4) is 0 Å².